The Balaban J connectivity index is 2.05. The summed E-state index contributed by atoms with van der Waals surface area (Å²) in [4.78, 5) is 4.18. The average Bonchev–Trinajstić information content (AvgIpc) is 2.91. The van der Waals surface area contributed by atoms with Gasteiger partial charge in [-0.1, -0.05) is 22.0 Å². The fourth-order valence-electron chi connectivity index (χ4n) is 2.40. The summed E-state index contributed by atoms with van der Waals surface area (Å²) in [5, 5.41) is 8.86. The Morgan fingerprint density at radius 1 is 1.47 bits per heavy atom. The molecule has 1 aromatic carbocycles. The molecule has 1 atom stereocenters. The maximum absolute atomic E-state index is 8.86. The van der Waals surface area contributed by atoms with Crippen LogP contribution in [0.25, 0.3) is 0 Å². The lowest BCUT2D eigenvalue weighted by atomic mass is 10.0. The van der Waals surface area contributed by atoms with E-state index in [9.17, 15) is 0 Å². The van der Waals surface area contributed by atoms with Crippen molar-refractivity contribution >= 4 is 15.9 Å². The molecule has 4 heteroatoms. The zero-order valence-corrected chi connectivity index (χ0v) is 10.7. The Labute approximate surface area is 108 Å². The normalized spacial score (nSPS) is 17.8. The molecule has 1 aliphatic heterocycles. The second kappa shape index (κ2) is 4.01. The molecule has 0 saturated carbocycles. The zero-order valence-electron chi connectivity index (χ0n) is 9.10. The predicted octanol–water partition coefficient (Wildman–Crippen LogP) is 3.05. The number of fused-ring (bicyclic) bond motifs is 1. The van der Waals surface area contributed by atoms with Crippen LogP contribution in [0.5, 0.6) is 0 Å². The molecule has 1 aliphatic rings. The number of hydrogen-bond donors (Lipinski definition) is 0. The molecule has 17 heavy (non-hydrogen) atoms. The van der Waals surface area contributed by atoms with E-state index in [0.717, 1.165) is 17.3 Å². The molecule has 0 bridgehead atoms. The van der Waals surface area contributed by atoms with E-state index in [1.165, 1.54) is 11.3 Å². The third-order valence-corrected chi connectivity index (χ3v) is 3.93. The highest BCUT2D eigenvalue weighted by atomic mass is 79.9. The van der Waals surface area contributed by atoms with E-state index in [1.54, 1.807) is 0 Å². The van der Waals surface area contributed by atoms with Gasteiger partial charge in [-0.25, -0.2) is 4.98 Å². The van der Waals surface area contributed by atoms with Gasteiger partial charge in [-0.05, 0) is 30.5 Å². The summed E-state index contributed by atoms with van der Waals surface area (Å²) in [5.74, 6) is 0. The van der Waals surface area contributed by atoms with Crippen molar-refractivity contribution in [3.63, 3.8) is 0 Å². The number of nitrogens with zero attached hydrogens (tertiary/aromatic N) is 3. The number of imidazole rings is 1. The van der Waals surface area contributed by atoms with Gasteiger partial charge in [0.1, 0.15) is 0 Å². The van der Waals surface area contributed by atoms with Crippen LogP contribution in [0.3, 0.4) is 0 Å². The van der Waals surface area contributed by atoms with Gasteiger partial charge in [0.15, 0.2) is 0 Å². The molecule has 0 spiro atoms. The number of nitriles is 1. The lowest BCUT2D eigenvalue weighted by molar-refractivity contribution is 0.613. The average molecular weight is 288 g/mol. The Bertz CT molecular complexity index is 609. The largest absolute Gasteiger partial charge is 0.327 e. The van der Waals surface area contributed by atoms with Crippen molar-refractivity contribution in [2.75, 3.05) is 0 Å². The lowest BCUT2D eigenvalue weighted by Gasteiger charge is -2.15. The highest BCUT2D eigenvalue weighted by molar-refractivity contribution is 9.10. The molecule has 0 N–H and O–H groups in total. The lowest BCUT2D eigenvalue weighted by Crippen LogP contribution is -2.05. The first-order chi connectivity index (χ1) is 8.29. The minimum atomic E-state index is 0.342. The summed E-state index contributed by atoms with van der Waals surface area (Å²) in [6.07, 6.45) is 5.98. The highest BCUT2D eigenvalue weighted by Gasteiger charge is 2.24. The summed E-state index contributed by atoms with van der Waals surface area (Å²) < 4.78 is 3.22. The van der Waals surface area contributed by atoms with Gasteiger partial charge in [0.2, 0.25) is 0 Å². The van der Waals surface area contributed by atoms with E-state index in [-0.39, 0.29) is 0 Å². The van der Waals surface area contributed by atoms with Crippen LogP contribution in [0.1, 0.15) is 29.3 Å². The SMILES string of the molecule is N#Cc1ccc([C@@H]2CCc3cncn32)c(Br)c1. The van der Waals surface area contributed by atoms with Crippen molar-refractivity contribution in [2.45, 2.75) is 18.9 Å². The highest BCUT2D eigenvalue weighted by Crippen LogP contribution is 2.35. The number of rotatable bonds is 1. The molecular formula is C13H10BrN3. The number of halogens is 1. The van der Waals surface area contributed by atoms with Crippen LogP contribution in [-0.4, -0.2) is 9.55 Å². The quantitative estimate of drug-likeness (QED) is 0.809. The Kier molecular flexibility index (Phi) is 2.49. The third kappa shape index (κ3) is 1.67. The topological polar surface area (TPSA) is 41.6 Å². The van der Waals surface area contributed by atoms with Crippen molar-refractivity contribution in [1.82, 2.24) is 9.55 Å². The van der Waals surface area contributed by atoms with Gasteiger partial charge in [0.25, 0.3) is 0 Å². The smallest absolute Gasteiger partial charge is 0.0992 e. The van der Waals surface area contributed by atoms with E-state index < -0.39 is 0 Å². The third-order valence-electron chi connectivity index (χ3n) is 3.24. The van der Waals surface area contributed by atoms with Crippen LogP contribution in [-0.2, 0) is 6.42 Å². The molecule has 0 saturated heterocycles. The van der Waals surface area contributed by atoms with E-state index in [2.05, 4.69) is 31.6 Å². The standard InChI is InChI=1S/C13H10BrN3/c14-12-5-9(6-15)1-3-11(12)13-4-2-10-7-16-8-17(10)13/h1,3,5,7-8,13H,2,4H2/t13-/m0/s1. The van der Waals surface area contributed by atoms with Crippen LogP contribution >= 0.6 is 15.9 Å². The number of aryl methyl sites for hydroxylation is 1. The van der Waals surface area contributed by atoms with Gasteiger partial charge >= 0.3 is 0 Å². The van der Waals surface area contributed by atoms with Gasteiger partial charge in [-0.2, -0.15) is 5.26 Å². The van der Waals surface area contributed by atoms with Crippen molar-refractivity contribution in [2.24, 2.45) is 0 Å². The number of aromatic nitrogens is 2. The minimum Gasteiger partial charge on any atom is -0.327 e. The second-order valence-electron chi connectivity index (χ2n) is 4.19. The number of benzene rings is 1. The van der Waals surface area contributed by atoms with E-state index in [0.29, 0.717) is 11.6 Å². The van der Waals surface area contributed by atoms with E-state index >= 15 is 0 Å². The summed E-state index contributed by atoms with van der Waals surface area (Å²) in [7, 11) is 0. The predicted molar refractivity (Wildman–Crippen MR) is 67.5 cm³/mol. The van der Waals surface area contributed by atoms with Gasteiger partial charge in [0, 0.05) is 16.4 Å². The van der Waals surface area contributed by atoms with Gasteiger partial charge in [-0.3, -0.25) is 0 Å². The molecular weight excluding hydrogens is 278 g/mol. The monoisotopic (exact) mass is 287 g/mol. The molecule has 1 aromatic heterocycles. The van der Waals surface area contributed by atoms with Gasteiger partial charge in [-0.15, -0.1) is 0 Å². The summed E-state index contributed by atoms with van der Waals surface area (Å²) in [6.45, 7) is 0. The molecule has 0 fully saturated rings. The van der Waals surface area contributed by atoms with Crippen LogP contribution in [0, 0.1) is 11.3 Å². The molecule has 0 aliphatic carbocycles. The molecule has 3 nitrogen and oxygen atoms in total. The first-order valence-electron chi connectivity index (χ1n) is 5.50. The molecule has 2 aromatic rings. The first kappa shape index (κ1) is 10.5. The Morgan fingerprint density at radius 3 is 3.12 bits per heavy atom. The van der Waals surface area contributed by atoms with Crippen LogP contribution in [0.2, 0.25) is 0 Å². The summed E-state index contributed by atoms with van der Waals surface area (Å²) in [6, 6.07) is 8.27. The Hall–Kier alpha value is -1.60. The fraction of sp³-hybridized carbons (Fsp3) is 0.231. The summed E-state index contributed by atoms with van der Waals surface area (Å²) in [5.41, 5.74) is 3.19. The zero-order chi connectivity index (χ0) is 11.8. The molecule has 84 valence electrons. The molecule has 0 unspecified atom stereocenters. The van der Waals surface area contributed by atoms with Crippen LogP contribution < -0.4 is 0 Å². The fourth-order valence-corrected chi connectivity index (χ4v) is 3.05. The molecule has 0 radical (unpaired) electrons. The van der Waals surface area contributed by atoms with Crippen molar-refractivity contribution in [3.05, 3.63) is 52.0 Å². The van der Waals surface area contributed by atoms with E-state index in [4.69, 9.17) is 5.26 Å². The summed E-state index contributed by atoms with van der Waals surface area (Å²) >= 11 is 3.55. The molecule has 0 amide bonds. The number of hydrogen-bond acceptors (Lipinski definition) is 2. The van der Waals surface area contributed by atoms with Crippen LogP contribution in [0.15, 0.2) is 35.2 Å². The van der Waals surface area contributed by atoms with Crippen molar-refractivity contribution in [3.8, 4) is 6.07 Å². The first-order valence-corrected chi connectivity index (χ1v) is 6.29. The maximum Gasteiger partial charge on any atom is 0.0992 e. The van der Waals surface area contributed by atoms with Crippen LogP contribution in [0.4, 0.5) is 0 Å². The van der Waals surface area contributed by atoms with Crippen molar-refractivity contribution < 1.29 is 0 Å². The van der Waals surface area contributed by atoms with E-state index in [1.807, 2.05) is 30.7 Å². The molecule has 3 rings (SSSR count). The minimum absolute atomic E-state index is 0.342. The Morgan fingerprint density at radius 2 is 2.35 bits per heavy atom. The van der Waals surface area contributed by atoms with Crippen molar-refractivity contribution in [1.29, 1.82) is 5.26 Å². The van der Waals surface area contributed by atoms with Gasteiger partial charge in [0.05, 0.1) is 24.0 Å². The maximum atomic E-state index is 8.86. The molecule has 2 heterocycles. The van der Waals surface area contributed by atoms with Gasteiger partial charge < -0.3 is 4.57 Å². The second-order valence-corrected chi connectivity index (χ2v) is 5.05.